The molecule has 4 nitrogen and oxygen atoms in total. The van der Waals surface area contributed by atoms with Gasteiger partial charge in [0, 0.05) is 16.6 Å². The Hall–Kier alpha value is -1.88. The lowest BCUT2D eigenvalue weighted by atomic mass is 10.00. The number of ether oxygens (including phenoxy) is 1. The summed E-state index contributed by atoms with van der Waals surface area (Å²) in [6.45, 7) is 2.42. The molecule has 2 aliphatic rings. The van der Waals surface area contributed by atoms with Crippen molar-refractivity contribution in [3.63, 3.8) is 0 Å². The molecule has 2 atom stereocenters. The SMILES string of the molecule is Cc1csc([C@H](NC(=O)[C@H]2COc3ccccc32)C2CC2)n1. The third-order valence-corrected chi connectivity index (χ3v) is 5.36. The Kier molecular flexibility index (Phi) is 3.37. The first-order valence-electron chi connectivity index (χ1n) is 7.66. The number of carbonyl (C=O) groups is 1. The summed E-state index contributed by atoms with van der Waals surface area (Å²) in [6.07, 6.45) is 2.34. The topological polar surface area (TPSA) is 51.2 Å². The molecule has 0 unspecified atom stereocenters. The first-order valence-corrected chi connectivity index (χ1v) is 8.54. The van der Waals surface area contributed by atoms with Gasteiger partial charge in [0.2, 0.25) is 5.91 Å². The van der Waals surface area contributed by atoms with Gasteiger partial charge >= 0.3 is 0 Å². The number of fused-ring (bicyclic) bond motifs is 1. The quantitative estimate of drug-likeness (QED) is 0.943. The molecule has 2 aromatic rings. The van der Waals surface area contributed by atoms with Crippen molar-refractivity contribution in [1.29, 1.82) is 0 Å². The molecule has 1 amide bonds. The molecule has 1 aromatic carbocycles. The molecule has 1 saturated carbocycles. The molecular weight excluding hydrogens is 296 g/mol. The first kappa shape index (κ1) is 13.8. The minimum atomic E-state index is -0.210. The fourth-order valence-electron chi connectivity index (χ4n) is 2.96. The van der Waals surface area contributed by atoms with E-state index in [-0.39, 0.29) is 17.9 Å². The van der Waals surface area contributed by atoms with Crippen LogP contribution in [0.15, 0.2) is 29.6 Å². The number of rotatable bonds is 4. The first-order chi connectivity index (χ1) is 10.7. The summed E-state index contributed by atoms with van der Waals surface area (Å²) in [6, 6.07) is 7.84. The predicted octanol–water partition coefficient (Wildman–Crippen LogP) is 3.20. The highest BCUT2D eigenvalue weighted by Gasteiger charge is 2.38. The van der Waals surface area contributed by atoms with E-state index >= 15 is 0 Å². The average molecular weight is 314 g/mol. The lowest BCUT2D eigenvalue weighted by molar-refractivity contribution is -0.123. The van der Waals surface area contributed by atoms with Crippen molar-refractivity contribution in [2.45, 2.75) is 31.7 Å². The van der Waals surface area contributed by atoms with Crippen LogP contribution in [0.25, 0.3) is 0 Å². The van der Waals surface area contributed by atoms with Gasteiger partial charge in [-0.1, -0.05) is 18.2 Å². The number of para-hydroxylation sites is 1. The third-order valence-electron chi connectivity index (χ3n) is 4.31. The second kappa shape index (κ2) is 5.39. The molecule has 1 aromatic heterocycles. The number of amides is 1. The van der Waals surface area contributed by atoms with Gasteiger partial charge in [-0.25, -0.2) is 4.98 Å². The number of aromatic nitrogens is 1. The molecule has 0 bridgehead atoms. The molecule has 1 aliphatic carbocycles. The van der Waals surface area contributed by atoms with Gasteiger partial charge in [-0.2, -0.15) is 0 Å². The van der Waals surface area contributed by atoms with Gasteiger partial charge < -0.3 is 10.1 Å². The van der Waals surface area contributed by atoms with E-state index in [1.807, 2.05) is 36.6 Å². The Balaban J connectivity index is 1.53. The molecule has 4 rings (SSSR count). The Morgan fingerprint density at radius 3 is 2.95 bits per heavy atom. The zero-order valence-electron chi connectivity index (χ0n) is 12.4. The van der Waals surface area contributed by atoms with Crippen LogP contribution in [-0.4, -0.2) is 17.5 Å². The highest BCUT2D eigenvalue weighted by Crippen LogP contribution is 2.42. The standard InChI is InChI=1S/C17H18N2O2S/c1-10-9-22-17(18-10)15(11-6-7-11)19-16(20)13-8-21-14-5-3-2-4-12(13)14/h2-5,9,11,13,15H,6-8H2,1H3,(H,19,20)/t13-,15+/m0/s1. The lowest BCUT2D eigenvalue weighted by Gasteiger charge is -2.18. The summed E-state index contributed by atoms with van der Waals surface area (Å²) in [5.41, 5.74) is 2.01. The molecule has 0 spiro atoms. The van der Waals surface area contributed by atoms with Crippen LogP contribution in [-0.2, 0) is 4.79 Å². The fraction of sp³-hybridized carbons (Fsp3) is 0.412. The fourth-order valence-corrected chi connectivity index (χ4v) is 3.90. The van der Waals surface area contributed by atoms with Gasteiger partial charge in [0.25, 0.3) is 0 Å². The highest BCUT2D eigenvalue weighted by molar-refractivity contribution is 7.09. The van der Waals surface area contributed by atoms with Crippen molar-refractivity contribution in [3.05, 3.63) is 45.9 Å². The normalized spacial score (nSPS) is 21.0. The average Bonchev–Trinajstić information content (AvgIpc) is 3.12. The lowest BCUT2D eigenvalue weighted by Crippen LogP contribution is -2.34. The number of thiazole rings is 1. The zero-order valence-corrected chi connectivity index (χ0v) is 13.2. The number of nitrogens with one attached hydrogen (secondary N) is 1. The van der Waals surface area contributed by atoms with Crippen molar-refractivity contribution < 1.29 is 9.53 Å². The predicted molar refractivity (Wildman–Crippen MR) is 85.1 cm³/mol. The molecule has 0 radical (unpaired) electrons. The molecule has 5 heteroatoms. The summed E-state index contributed by atoms with van der Waals surface area (Å²) < 4.78 is 5.63. The van der Waals surface area contributed by atoms with Crippen LogP contribution in [0.4, 0.5) is 0 Å². The molecule has 1 fully saturated rings. The van der Waals surface area contributed by atoms with Crippen molar-refractivity contribution in [2.75, 3.05) is 6.61 Å². The molecule has 1 aliphatic heterocycles. The van der Waals surface area contributed by atoms with Gasteiger partial charge in [-0.15, -0.1) is 11.3 Å². The monoisotopic (exact) mass is 314 g/mol. The van der Waals surface area contributed by atoms with Crippen LogP contribution in [0.5, 0.6) is 5.75 Å². The van der Waals surface area contributed by atoms with Crippen molar-refractivity contribution in [2.24, 2.45) is 5.92 Å². The molecule has 22 heavy (non-hydrogen) atoms. The maximum Gasteiger partial charge on any atom is 0.231 e. The number of hydrogen-bond acceptors (Lipinski definition) is 4. The molecule has 0 saturated heterocycles. The van der Waals surface area contributed by atoms with Crippen molar-refractivity contribution in [3.8, 4) is 5.75 Å². The van der Waals surface area contributed by atoms with Crippen molar-refractivity contribution >= 4 is 17.2 Å². The van der Waals surface area contributed by atoms with Crippen LogP contribution in [0, 0.1) is 12.8 Å². The Morgan fingerprint density at radius 1 is 1.41 bits per heavy atom. The van der Waals surface area contributed by atoms with Crippen LogP contribution in [0.1, 0.15) is 41.1 Å². The minimum absolute atomic E-state index is 0.0507. The third kappa shape index (κ3) is 2.50. The van der Waals surface area contributed by atoms with Crippen LogP contribution < -0.4 is 10.1 Å². The van der Waals surface area contributed by atoms with E-state index in [2.05, 4.69) is 10.3 Å². The maximum absolute atomic E-state index is 12.7. The van der Waals surface area contributed by atoms with Crippen molar-refractivity contribution in [1.82, 2.24) is 10.3 Å². The summed E-state index contributed by atoms with van der Waals surface area (Å²) in [4.78, 5) is 17.3. The molecule has 2 heterocycles. The Bertz CT molecular complexity index is 708. The number of hydrogen-bond donors (Lipinski definition) is 1. The summed E-state index contributed by atoms with van der Waals surface area (Å²) in [7, 11) is 0. The van der Waals surface area contributed by atoms with E-state index in [1.165, 1.54) is 12.8 Å². The van der Waals surface area contributed by atoms with E-state index in [1.54, 1.807) is 11.3 Å². The van der Waals surface area contributed by atoms with Gasteiger partial charge in [0.05, 0.1) is 6.04 Å². The molecule has 1 N–H and O–H groups in total. The molecule has 114 valence electrons. The van der Waals surface area contributed by atoms with E-state index in [0.717, 1.165) is 22.0 Å². The smallest absolute Gasteiger partial charge is 0.231 e. The Labute approximate surface area is 133 Å². The zero-order chi connectivity index (χ0) is 15.1. The second-order valence-electron chi connectivity index (χ2n) is 6.05. The number of aryl methyl sites for hydroxylation is 1. The van der Waals surface area contributed by atoms with Crippen LogP contribution in [0.2, 0.25) is 0 Å². The summed E-state index contributed by atoms with van der Waals surface area (Å²) in [5, 5.41) is 6.30. The van der Waals surface area contributed by atoms with Gasteiger partial charge in [-0.05, 0) is 31.7 Å². The van der Waals surface area contributed by atoms with Gasteiger partial charge in [0.1, 0.15) is 23.3 Å². The minimum Gasteiger partial charge on any atom is -0.492 e. The molecular formula is C17H18N2O2S. The van der Waals surface area contributed by atoms with E-state index in [9.17, 15) is 4.79 Å². The second-order valence-corrected chi connectivity index (χ2v) is 6.94. The summed E-state index contributed by atoms with van der Waals surface area (Å²) >= 11 is 1.64. The van der Waals surface area contributed by atoms with Gasteiger partial charge in [0.15, 0.2) is 0 Å². The van der Waals surface area contributed by atoms with E-state index in [0.29, 0.717) is 12.5 Å². The maximum atomic E-state index is 12.7. The van der Waals surface area contributed by atoms with Crippen LogP contribution in [0.3, 0.4) is 0 Å². The largest absolute Gasteiger partial charge is 0.492 e. The van der Waals surface area contributed by atoms with E-state index in [4.69, 9.17) is 4.74 Å². The van der Waals surface area contributed by atoms with Crippen LogP contribution >= 0.6 is 11.3 Å². The number of benzene rings is 1. The van der Waals surface area contributed by atoms with E-state index < -0.39 is 0 Å². The number of carbonyl (C=O) groups excluding carboxylic acids is 1. The number of nitrogens with zero attached hydrogens (tertiary/aromatic N) is 1. The van der Waals surface area contributed by atoms with Gasteiger partial charge in [-0.3, -0.25) is 4.79 Å². The Morgan fingerprint density at radius 2 is 2.23 bits per heavy atom. The highest BCUT2D eigenvalue weighted by atomic mass is 32.1. The summed E-state index contributed by atoms with van der Waals surface area (Å²) in [5.74, 6) is 1.20.